The van der Waals surface area contributed by atoms with E-state index in [2.05, 4.69) is 22.8 Å². The summed E-state index contributed by atoms with van der Waals surface area (Å²) < 4.78 is 0. The number of amides is 2. The fourth-order valence-corrected chi connectivity index (χ4v) is 3.87. The molecule has 0 saturated carbocycles. The average molecular weight is 352 g/mol. The number of carbonyl (C=O) groups is 2. The number of piperidine rings is 1. The van der Waals surface area contributed by atoms with Crippen molar-refractivity contribution in [3.05, 3.63) is 22.4 Å². The lowest BCUT2D eigenvalue weighted by atomic mass is 9.96. The smallest absolute Gasteiger partial charge is 0.224 e. The number of rotatable bonds is 9. The Labute approximate surface area is 148 Å². The summed E-state index contributed by atoms with van der Waals surface area (Å²) in [5.41, 5.74) is 5.41. The first-order valence-electron chi connectivity index (χ1n) is 8.98. The number of hydrogen-bond donors (Lipinski definition) is 2. The standard InChI is InChI=1S/C18H29N3O2S/c19-10-11-20-18(23)15-6-4-12-21(14-15)17(22)9-3-1-2-7-16-8-5-13-24-16/h5,8,13,15H,1-4,6-7,9-12,14,19H2,(H,20,23). The molecular formula is C18H29N3O2S. The number of aryl methyl sites for hydroxylation is 1. The minimum Gasteiger partial charge on any atom is -0.355 e. The third kappa shape index (κ3) is 6.24. The molecule has 1 aromatic heterocycles. The van der Waals surface area contributed by atoms with E-state index in [-0.39, 0.29) is 17.7 Å². The topological polar surface area (TPSA) is 75.4 Å². The highest BCUT2D eigenvalue weighted by atomic mass is 32.1. The first kappa shape index (κ1) is 18.9. The lowest BCUT2D eigenvalue weighted by Crippen LogP contribution is -2.46. The predicted octanol–water partition coefficient (Wildman–Crippen LogP) is 2.16. The minimum atomic E-state index is -0.0759. The van der Waals surface area contributed by atoms with E-state index in [1.165, 1.54) is 4.88 Å². The molecule has 2 amide bonds. The molecule has 3 N–H and O–H groups in total. The van der Waals surface area contributed by atoms with Crippen LogP contribution in [0.4, 0.5) is 0 Å². The van der Waals surface area contributed by atoms with E-state index in [1.807, 2.05) is 4.90 Å². The molecule has 1 aliphatic rings. The number of carbonyl (C=O) groups excluding carboxylic acids is 2. The Morgan fingerprint density at radius 1 is 1.33 bits per heavy atom. The molecule has 0 bridgehead atoms. The van der Waals surface area contributed by atoms with E-state index < -0.39 is 0 Å². The third-order valence-electron chi connectivity index (χ3n) is 4.48. The normalized spacial score (nSPS) is 17.7. The van der Waals surface area contributed by atoms with Crippen molar-refractivity contribution in [1.29, 1.82) is 0 Å². The molecule has 1 aliphatic heterocycles. The van der Waals surface area contributed by atoms with Gasteiger partial charge in [0.1, 0.15) is 0 Å². The molecule has 0 radical (unpaired) electrons. The molecule has 1 atom stereocenters. The molecule has 1 saturated heterocycles. The average Bonchev–Trinajstić information content (AvgIpc) is 3.12. The maximum absolute atomic E-state index is 12.3. The molecule has 1 aromatic rings. The Hall–Kier alpha value is -1.40. The molecule has 2 rings (SSSR count). The molecular weight excluding hydrogens is 322 g/mol. The summed E-state index contributed by atoms with van der Waals surface area (Å²) in [5, 5.41) is 4.94. The number of nitrogens with two attached hydrogens (primary N) is 1. The molecule has 0 aromatic carbocycles. The van der Waals surface area contributed by atoms with Crippen molar-refractivity contribution in [3.63, 3.8) is 0 Å². The van der Waals surface area contributed by atoms with E-state index in [0.717, 1.165) is 45.1 Å². The van der Waals surface area contributed by atoms with Crippen molar-refractivity contribution < 1.29 is 9.59 Å². The van der Waals surface area contributed by atoms with Crippen molar-refractivity contribution >= 4 is 23.2 Å². The van der Waals surface area contributed by atoms with Gasteiger partial charge in [0.25, 0.3) is 0 Å². The number of nitrogens with zero attached hydrogens (tertiary/aromatic N) is 1. The van der Waals surface area contributed by atoms with E-state index in [4.69, 9.17) is 5.73 Å². The van der Waals surface area contributed by atoms with Crippen LogP contribution in [0.3, 0.4) is 0 Å². The zero-order chi connectivity index (χ0) is 17.2. The van der Waals surface area contributed by atoms with Crippen LogP contribution >= 0.6 is 11.3 Å². The van der Waals surface area contributed by atoms with Crippen molar-refractivity contribution in [2.45, 2.75) is 44.9 Å². The largest absolute Gasteiger partial charge is 0.355 e. The molecule has 0 aliphatic carbocycles. The lowest BCUT2D eigenvalue weighted by molar-refractivity contribution is -0.135. The summed E-state index contributed by atoms with van der Waals surface area (Å²) in [6, 6.07) is 4.25. The highest BCUT2D eigenvalue weighted by Gasteiger charge is 2.27. The summed E-state index contributed by atoms with van der Waals surface area (Å²) in [7, 11) is 0. The van der Waals surface area contributed by atoms with E-state index in [1.54, 1.807) is 11.3 Å². The van der Waals surface area contributed by atoms with E-state index in [9.17, 15) is 9.59 Å². The van der Waals surface area contributed by atoms with Gasteiger partial charge >= 0.3 is 0 Å². The molecule has 2 heterocycles. The SMILES string of the molecule is NCCNC(=O)C1CCCN(C(=O)CCCCCc2cccs2)C1. The predicted molar refractivity (Wildman–Crippen MR) is 97.9 cm³/mol. The summed E-state index contributed by atoms with van der Waals surface area (Å²) >= 11 is 1.80. The highest BCUT2D eigenvalue weighted by molar-refractivity contribution is 7.09. The molecule has 24 heavy (non-hydrogen) atoms. The van der Waals surface area contributed by atoms with Gasteiger partial charge in [-0.25, -0.2) is 0 Å². The van der Waals surface area contributed by atoms with E-state index >= 15 is 0 Å². The van der Waals surface area contributed by atoms with Gasteiger partial charge in [-0.2, -0.15) is 0 Å². The van der Waals surface area contributed by atoms with Gasteiger partial charge in [-0.1, -0.05) is 12.5 Å². The second-order valence-electron chi connectivity index (χ2n) is 6.40. The van der Waals surface area contributed by atoms with Gasteiger partial charge in [0.2, 0.25) is 11.8 Å². The van der Waals surface area contributed by atoms with Gasteiger partial charge in [0.05, 0.1) is 5.92 Å². The van der Waals surface area contributed by atoms with Gasteiger partial charge < -0.3 is 16.0 Å². The first-order chi connectivity index (χ1) is 11.7. The number of unbranched alkanes of at least 4 members (excludes halogenated alkanes) is 2. The number of hydrogen-bond acceptors (Lipinski definition) is 4. The van der Waals surface area contributed by atoms with Crippen molar-refractivity contribution in [3.8, 4) is 0 Å². The van der Waals surface area contributed by atoms with E-state index in [0.29, 0.717) is 26.1 Å². The van der Waals surface area contributed by atoms with Gasteiger partial charge in [-0.15, -0.1) is 11.3 Å². The lowest BCUT2D eigenvalue weighted by Gasteiger charge is -2.32. The fourth-order valence-electron chi connectivity index (χ4n) is 3.12. The maximum Gasteiger partial charge on any atom is 0.224 e. The summed E-state index contributed by atoms with van der Waals surface area (Å²) in [4.78, 5) is 27.7. The summed E-state index contributed by atoms with van der Waals surface area (Å²) in [6.45, 7) is 2.30. The summed E-state index contributed by atoms with van der Waals surface area (Å²) in [5.74, 6) is 0.157. The second kappa shape index (κ2) is 10.5. The van der Waals surface area contributed by atoms with Crippen LogP contribution in [-0.4, -0.2) is 42.9 Å². The minimum absolute atomic E-state index is 0.0360. The third-order valence-corrected chi connectivity index (χ3v) is 5.42. The van der Waals surface area contributed by atoms with Crippen LogP contribution < -0.4 is 11.1 Å². The van der Waals surface area contributed by atoms with Crippen molar-refractivity contribution in [2.75, 3.05) is 26.2 Å². The Balaban J connectivity index is 1.63. The molecule has 6 heteroatoms. The Kier molecular flexibility index (Phi) is 8.25. The first-order valence-corrected chi connectivity index (χ1v) is 9.86. The highest BCUT2D eigenvalue weighted by Crippen LogP contribution is 2.19. The van der Waals surface area contributed by atoms with Crippen LogP contribution in [0, 0.1) is 5.92 Å². The molecule has 5 nitrogen and oxygen atoms in total. The van der Waals surface area contributed by atoms with Gasteiger partial charge in [0.15, 0.2) is 0 Å². The van der Waals surface area contributed by atoms with Crippen LogP contribution in [0.2, 0.25) is 0 Å². The van der Waals surface area contributed by atoms with Crippen LogP contribution in [0.25, 0.3) is 0 Å². The zero-order valence-electron chi connectivity index (χ0n) is 14.3. The van der Waals surface area contributed by atoms with Crippen LogP contribution in [-0.2, 0) is 16.0 Å². The van der Waals surface area contributed by atoms with Crippen LogP contribution in [0.15, 0.2) is 17.5 Å². The summed E-state index contributed by atoms with van der Waals surface area (Å²) in [6.07, 6.45) is 6.63. The molecule has 1 unspecified atom stereocenters. The molecule has 134 valence electrons. The van der Waals surface area contributed by atoms with Crippen molar-refractivity contribution in [1.82, 2.24) is 10.2 Å². The monoisotopic (exact) mass is 351 g/mol. The Morgan fingerprint density at radius 3 is 2.96 bits per heavy atom. The molecule has 1 fully saturated rings. The van der Waals surface area contributed by atoms with Crippen LogP contribution in [0.5, 0.6) is 0 Å². The van der Waals surface area contributed by atoms with Gasteiger partial charge in [-0.3, -0.25) is 9.59 Å². The van der Waals surface area contributed by atoms with Crippen molar-refractivity contribution in [2.24, 2.45) is 11.7 Å². The number of nitrogens with one attached hydrogen (secondary N) is 1. The second-order valence-corrected chi connectivity index (χ2v) is 7.43. The molecule has 0 spiro atoms. The van der Waals surface area contributed by atoms with Gasteiger partial charge in [0, 0.05) is 37.5 Å². The Bertz CT molecular complexity index is 504. The zero-order valence-corrected chi connectivity index (χ0v) is 15.2. The van der Waals surface area contributed by atoms with Crippen LogP contribution in [0.1, 0.15) is 43.4 Å². The number of thiophene rings is 1. The number of likely N-dealkylation sites (tertiary alicyclic amines) is 1. The van der Waals surface area contributed by atoms with Gasteiger partial charge in [-0.05, 0) is 43.6 Å². The Morgan fingerprint density at radius 2 is 2.21 bits per heavy atom. The quantitative estimate of drug-likeness (QED) is 0.670. The fraction of sp³-hybridized carbons (Fsp3) is 0.667. The maximum atomic E-state index is 12.3.